The number of ether oxygens (including phenoxy) is 1. The van der Waals surface area contributed by atoms with Gasteiger partial charge in [-0.2, -0.15) is 0 Å². The fraction of sp³-hybridized carbons (Fsp3) is 0.778. The smallest absolute Gasteiger partial charge is 0.0779 e. The molecule has 1 aliphatic carbocycles. The van der Waals surface area contributed by atoms with Gasteiger partial charge in [-0.15, -0.1) is 0 Å². The van der Waals surface area contributed by atoms with Crippen molar-refractivity contribution in [3.63, 3.8) is 0 Å². The topological polar surface area (TPSA) is 21.3 Å². The zero-order valence-corrected chi connectivity index (χ0v) is 8.69. The molecule has 0 atom stereocenters. The van der Waals surface area contributed by atoms with Gasteiger partial charge in [0.1, 0.15) is 0 Å². The zero-order valence-electron chi connectivity index (χ0n) is 7.11. The van der Waals surface area contributed by atoms with Gasteiger partial charge in [0.25, 0.3) is 0 Å². The summed E-state index contributed by atoms with van der Waals surface area (Å²) in [5.74, 6) is 0. The van der Waals surface area contributed by atoms with E-state index < -0.39 is 0 Å². The normalized spacial score (nSPS) is 26.4. The summed E-state index contributed by atoms with van der Waals surface area (Å²) in [4.78, 5) is 0. The Bertz CT molecular complexity index is 193. The first-order valence-corrected chi connectivity index (χ1v) is 5.15. The molecule has 1 N–H and O–H groups in total. The van der Waals surface area contributed by atoms with Crippen molar-refractivity contribution in [1.29, 1.82) is 0 Å². The van der Waals surface area contributed by atoms with E-state index in [0.717, 1.165) is 4.48 Å². The van der Waals surface area contributed by atoms with Crippen LogP contribution in [0.2, 0.25) is 0 Å². The van der Waals surface area contributed by atoms with Crippen molar-refractivity contribution in [2.24, 2.45) is 5.41 Å². The molecule has 1 saturated carbocycles. The summed E-state index contributed by atoms with van der Waals surface area (Å²) in [6, 6.07) is 0. The van der Waals surface area contributed by atoms with Gasteiger partial charge in [-0.3, -0.25) is 0 Å². The Morgan fingerprint density at radius 2 is 2.25 bits per heavy atom. The highest BCUT2D eigenvalue weighted by Gasteiger charge is 2.48. The lowest BCUT2D eigenvalue weighted by Crippen LogP contribution is -2.62. The third-order valence-corrected chi connectivity index (χ3v) is 3.03. The number of rotatable bonds is 3. The molecule has 0 bridgehead atoms. The van der Waals surface area contributed by atoms with Gasteiger partial charge >= 0.3 is 0 Å². The maximum atomic E-state index is 5.60. The van der Waals surface area contributed by atoms with Crippen molar-refractivity contribution >= 4 is 15.9 Å². The number of halogens is 1. The molecule has 1 spiro atoms. The van der Waals surface area contributed by atoms with Crippen molar-refractivity contribution in [1.82, 2.24) is 5.32 Å². The van der Waals surface area contributed by atoms with Crippen LogP contribution in [0.4, 0.5) is 0 Å². The molecule has 0 amide bonds. The van der Waals surface area contributed by atoms with Crippen molar-refractivity contribution < 1.29 is 4.74 Å². The van der Waals surface area contributed by atoms with Crippen LogP contribution in [-0.4, -0.2) is 25.8 Å². The highest BCUT2D eigenvalue weighted by Crippen LogP contribution is 2.45. The highest BCUT2D eigenvalue weighted by molar-refractivity contribution is 9.11. The summed E-state index contributed by atoms with van der Waals surface area (Å²) in [7, 11) is 0. The average Bonchev–Trinajstić information content (AvgIpc) is 1.79. The molecule has 68 valence electrons. The van der Waals surface area contributed by atoms with E-state index in [1.54, 1.807) is 0 Å². The monoisotopic (exact) mass is 231 g/mol. The van der Waals surface area contributed by atoms with Gasteiger partial charge in [-0.05, 0) is 12.8 Å². The largest absolute Gasteiger partial charge is 0.373 e. The summed E-state index contributed by atoms with van der Waals surface area (Å²) in [5.41, 5.74) is 0.623. The molecule has 2 aliphatic rings. The molecule has 12 heavy (non-hydrogen) atoms. The second-order valence-corrected chi connectivity index (χ2v) is 5.08. The SMILES string of the molecule is C=C(Br)COC1CC2(CNC2)C1. The van der Waals surface area contributed by atoms with Gasteiger partial charge in [0.2, 0.25) is 0 Å². The Kier molecular flexibility index (Phi) is 2.27. The van der Waals surface area contributed by atoms with Gasteiger partial charge in [0.15, 0.2) is 0 Å². The van der Waals surface area contributed by atoms with E-state index >= 15 is 0 Å². The molecule has 3 heteroatoms. The third kappa shape index (κ3) is 1.58. The van der Waals surface area contributed by atoms with E-state index in [1.165, 1.54) is 25.9 Å². The Labute approximate surface area is 81.5 Å². The molecule has 1 heterocycles. The molecule has 2 rings (SSSR count). The van der Waals surface area contributed by atoms with Gasteiger partial charge in [-0.25, -0.2) is 0 Å². The molecule has 0 aromatic heterocycles. The van der Waals surface area contributed by atoms with Crippen molar-refractivity contribution in [3.05, 3.63) is 11.1 Å². The van der Waals surface area contributed by atoms with Crippen LogP contribution >= 0.6 is 15.9 Å². The number of nitrogens with one attached hydrogen (secondary N) is 1. The zero-order chi connectivity index (χ0) is 8.60. The molecular weight excluding hydrogens is 218 g/mol. The quantitative estimate of drug-likeness (QED) is 0.799. The lowest BCUT2D eigenvalue weighted by Gasteiger charge is -2.54. The second kappa shape index (κ2) is 3.13. The molecule has 0 radical (unpaired) electrons. The molecule has 0 unspecified atom stereocenters. The van der Waals surface area contributed by atoms with Gasteiger partial charge in [0, 0.05) is 23.0 Å². The molecule has 0 aromatic rings. The maximum Gasteiger partial charge on any atom is 0.0779 e. The van der Waals surface area contributed by atoms with Crippen LogP contribution in [0.25, 0.3) is 0 Å². The molecule has 1 saturated heterocycles. The van der Waals surface area contributed by atoms with Crippen molar-refractivity contribution in [3.8, 4) is 0 Å². The minimum atomic E-state index is 0.487. The first-order valence-electron chi connectivity index (χ1n) is 4.36. The molecule has 2 nitrogen and oxygen atoms in total. The Hall–Kier alpha value is 0.140. The van der Waals surface area contributed by atoms with Crippen LogP contribution in [0.5, 0.6) is 0 Å². The second-order valence-electron chi connectivity index (χ2n) is 3.96. The standard InChI is InChI=1S/C9H14BrNO/c1-7(10)4-12-8-2-9(3-8)5-11-6-9/h8,11H,1-6H2. The summed E-state index contributed by atoms with van der Waals surface area (Å²) >= 11 is 3.28. The number of hydrogen-bond donors (Lipinski definition) is 1. The fourth-order valence-corrected chi connectivity index (χ4v) is 2.13. The van der Waals surface area contributed by atoms with Crippen LogP contribution in [0, 0.1) is 5.41 Å². The van der Waals surface area contributed by atoms with E-state index in [9.17, 15) is 0 Å². The summed E-state index contributed by atoms with van der Waals surface area (Å²) in [6.07, 6.45) is 2.96. The summed E-state index contributed by atoms with van der Waals surface area (Å²) < 4.78 is 6.54. The van der Waals surface area contributed by atoms with Crippen LogP contribution in [0.3, 0.4) is 0 Å². The van der Waals surface area contributed by atoms with Crippen molar-refractivity contribution in [2.45, 2.75) is 18.9 Å². The minimum absolute atomic E-state index is 0.487. The highest BCUT2D eigenvalue weighted by atomic mass is 79.9. The lowest BCUT2D eigenvalue weighted by molar-refractivity contribution is -0.0957. The number of hydrogen-bond acceptors (Lipinski definition) is 2. The Morgan fingerprint density at radius 1 is 1.58 bits per heavy atom. The predicted octanol–water partition coefficient (Wildman–Crippen LogP) is 1.66. The molecule has 1 aliphatic heterocycles. The van der Waals surface area contributed by atoms with Crippen LogP contribution < -0.4 is 5.32 Å². The van der Waals surface area contributed by atoms with E-state index in [2.05, 4.69) is 27.8 Å². The fourth-order valence-electron chi connectivity index (χ4n) is 2.00. The predicted molar refractivity (Wildman–Crippen MR) is 52.3 cm³/mol. The van der Waals surface area contributed by atoms with Crippen molar-refractivity contribution in [2.75, 3.05) is 19.7 Å². The third-order valence-electron chi connectivity index (χ3n) is 2.80. The Morgan fingerprint density at radius 3 is 2.67 bits per heavy atom. The first-order chi connectivity index (χ1) is 5.70. The van der Waals surface area contributed by atoms with Gasteiger partial charge in [0.05, 0.1) is 12.7 Å². The van der Waals surface area contributed by atoms with Crippen LogP contribution in [-0.2, 0) is 4.74 Å². The van der Waals surface area contributed by atoms with E-state index in [1.807, 2.05) is 0 Å². The molecular formula is C9H14BrNO. The van der Waals surface area contributed by atoms with E-state index in [0.29, 0.717) is 18.1 Å². The maximum absolute atomic E-state index is 5.60. The first kappa shape index (κ1) is 8.73. The van der Waals surface area contributed by atoms with Gasteiger partial charge in [-0.1, -0.05) is 22.5 Å². The summed E-state index contributed by atoms with van der Waals surface area (Å²) in [6.45, 7) is 6.79. The molecule has 2 fully saturated rings. The van der Waals surface area contributed by atoms with Crippen LogP contribution in [0.1, 0.15) is 12.8 Å². The molecule has 0 aromatic carbocycles. The Balaban J connectivity index is 1.64. The lowest BCUT2D eigenvalue weighted by atomic mass is 9.63. The van der Waals surface area contributed by atoms with Crippen LogP contribution in [0.15, 0.2) is 11.1 Å². The van der Waals surface area contributed by atoms with E-state index in [-0.39, 0.29) is 0 Å². The summed E-state index contributed by atoms with van der Waals surface area (Å²) in [5, 5.41) is 3.31. The average molecular weight is 232 g/mol. The van der Waals surface area contributed by atoms with E-state index in [4.69, 9.17) is 4.74 Å². The minimum Gasteiger partial charge on any atom is -0.373 e. The van der Waals surface area contributed by atoms with Gasteiger partial charge < -0.3 is 10.1 Å².